The molecule has 0 saturated carbocycles. The first-order valence-electron chi connectivity index (χ1n) is 11.9. The molecule has 0 saturated heterocycles. The van der Waals surface area contributed by atoms with Crippen LogP contribution in [0.2, 0.25) is 0 Å². The fourth-order valence-corrected chi connectivity index (χ4v) is 8.19. The lowest BCUT2D eigenvalue weighted by Crippen LogP contribution is -2.39. The lowest BCUT2D eigenvalue weighted by Gasteiger charge is -2.23. The summed E-state index contributed by atoms with van der Waals surface area (Å²) in [5.41, 5.74) is 2.42. The molecule has 2 aromatic carbocycles. The van der Waals surface area contributed by atoms with Crippen molar-refractivity contribution in [1.29, 1.82) is 0 Å². The highest BCUT2D eigenvalue weighted by Gasteiger charge is 2.33. The van der Waals surface area contributed by atoms with Crippen molar-refractivity contribution in [1.82, 2.24) is 4.57 Å². The van der Waals surface area contributed by atoms with Crippen molar-refractivity contribution < 1.29 is 18.7 Å². The number of thiazole rings is 1. The molecule has 0 unspecified atom stereocenters. The summed E-state index contributed by atoms with van der Waals surface area (Å²) in [6.45, 7) is 4.08. The van der Waals surface area contributed by atoms with Gasteiger partial charge in [0.15, 0.2) is 4.80 Å². The summed E-state index contributed by atoms with van der Waals surface area (Å²) in [7, 11) is 0. The van der Waals surface area contributed by atoms with Crippen LogP contribution in [0.25, 0.3) is 6.08 Å². The molecule has 11 heteroatoms. The normalized spacial score (nSPS) is 15.2. The van der Waals surface area contributed by atoms with Crippen LogP contribution in [0.3, 0.4) is 0 Å². The van der Waals surface area contributed by atoms with E-state index in [2.05, 4.69) is 50.2 Å². The van der Waals surface area contributed by atoms with Gasteiger partial charge in [-0.3, -0.25) is 9.36 Å². The van der Waals surface area contributed by atoms with Crippen molar-refractivity contribution in [2.75, 3.05) is 6.61 Å². The fraction of sp³-hybridized carbons (Fsp3) is 0.179. The number of carbonyl (C=O) groups is 1. The lowest BCUT2D eigenvalue weighted by atomic mass is 10.0. The Morgan fingerprint density at radius 2 is 1.90 bits per heavy atom. The molecular weight excluding hydrogens is 765 g/mol. The van der Waals surface area contributed by atoms with Gasteiger partial charge < -0.3 is 9.47 Å². The highest BCUT2D eigenvalue weighted by Crippen LogP contribution is 2.33. The zero-order valence-corrected chi connectivity index (χ0v) is 26.7. The predicted octanol–water partition coefficient (Wildman–Crippen LogP) is 5.79. The van der Waals surface area contributed by atoms with Crippen LogP contribution >= 0.6 is 67.9 Å². The van der Waals surface area contributed by atoms with E-state index in [-0.39, 0.29) is 18.0 Å². The van der Waals surface area contributed by atoms with Gasteiger partial charge in [-0.05, 0) is 112 Å². The maximum absolute atomic E-state index is 13.7. The monoisotopic (exact) mass is 786 g/mol. The van der Waals surface area contributed by atoms with Crippen molar-refractivity contribution in [2.45, 2.75) is 26.5 Å². The summed E-state index contributed by atoms with van der Waals surface area (Å²) in [5.74, 6) is -0.0233. The Bertz CT molecular complexity index is 1740. The van der Waals surface area contributed by atoms with E-state index in [0.717, 1.165) is 28.9 Å². The Morgan fingerprint density at radius 3 is 2.54 bits per heavy atom. The summed E-state index contributed by atoms with van der Waals surface area (Å²) in [6.07, 6.45) is 1.84. The van der Waals surface area contributed by atoms with Gasteiger partial charge in [0.2, 0.25) is 0 Å². The molecule has 0 aliphatic carbocycles. The van der Waals surface area contributed by atoms with Crippen molar-refractivity contribution in [3.05, 3.63) is 114 Å². The number of allylic oxidation sites excluding steroid dienone is 1. The van der Waals surface area contributed by atoms with Crippen LogP contribution < -0.4 is 19.6 Å². The van der Waals surface area contributed by atoms with Gasteiger partial charge in [-0.2, -0.15) is 0 Å². The number of esters is 1. The average molecular weight is 786 g/mol. The fourth-order valence-electron chi connectivity index (χ4n) is 4.20. The second-order valence-corrected chi connectivity index (χ2v) is 12.9. The number of hydrogen-bond acceptors (Lipinski definition) is 7. The summed E-state index contributed by atoms with van der Waals surface area (Å²) >= 11 is 7.20. The molecule has 0 N–H and O–H groups in total. The maximum Gasteiger partial charge on any atom is 0.338 e. The molecule has 1 atom stereocenters. The summed E-state index contributed by atoms with van der Waals surface area (Å²) < 4.78 is 28.4. The quantitative estimate of drug-likeness (QED) is 0.176. The van der Waals surface area contributed by atoms with Gasteiger partial charge in [0.1, 0.15) is 24.2 Å². The number of nitrogens with zero attached hydrogens (tertiary/aromatic N) is 2. The van der Waals surface area contributed by atoms with Crippen molar-refractivity contribution in [3.8, 4) is 5.75 Å². The zero-order chi connectivity index (χ0) is 27.7. The molecule has 0 amide bonds. The van der Waals surface area contributed by atoms with E-state index >= 15 is 0 Å². The number of benzene rings is 2. The highest BCUT2D eigenvalue weighted by molar-refractivity contribution is 14.1. The standard InChI is InChI=1S/C28H21FI2N2O4S2/c1-3-36-27(35)23-15(2)32-28-33(24(23)21-5-4-10-38-21)26(34)22(39-28)13-17-11-19(30)25(20(31)12-17)37-14-16-6-8-18(29)9-7-16/h4-13,24H,3,14H2,1-2H3/b22-13-/t24-/m1/s1. The molecule has 6 nitrogen and oxygen atoms in total. The molecule has 4 aromatic rings. The summed E-state index contributed by atoms with van der Waals surface area (Å²) in [4.78, 5) is 32.7. The van der Waals surface area contributed by atoms with Gasteiger partial charge in [0.25, 0.3) is 5.56 Å². The molecule has 2 aromatic heterocycles. The van der Waals surface area contributed by atoms with Crippen molar-refractivity contribution in [3.63, 3.8) is 0 Å². The van der Waals surface area contributed by atoms with Gasteiger partial charge in [-0.25, -0.2) is 14.2 Å². The van der Waals surface area contributed by atoms with Crippen LogP contribution in [0, 0.1) is 13.0 Å². The van der Waals surface area contributed by atoms with Gasteiger partial charge in [-0.1, -0.05) is 29.5 Å². The van der Waals surface area contributed by atoms with E-state index in [0.29, 0.717) is 27.2 Å². The summed E-state index contributed by atoms with van der Waals surface area (Å²) in [6, 6.07) is 13.3. The Balaban J connectivity index is 1.52. The maximum atomic E-state index is 13.7. The van der Waals surface area contributed by atoms with Crippen molar-refractivity contribution in [2.24, 2.45) is 4.99 Å². The SMILES string of the molecule is CCOC(=O)C1=C(C)N=c2s/c(=C\c3cc(I)c(OCc4ccc(F)cc4)c(I)c3)c(=O)n2[C@@H]1c1cccs1. The third kappa shape index (κ3) is 5.91. The number of ether oxygens (including phenoxy) is 2. The third-order valence-corrected chi connectivity index (χ3v) is 9.45. The molecule has 0 fully saturated rings. The van der Waals surface area contributed by atoms with E-state index < -0.39 is 12.0 Å². The topological polar surface area (TPSA) is 69.9 Å². The Labute approximate surface area is 258 Å². The van der Waals surface area contributed by atoms with E-state index in [1.165, 1.54) is 34.8 Å². The smallest absolute Gasteiger partial charge is 0.338 e. The van der Waals surface area contributed by atoms with Crippen LogP contribution in [0.4, 0.5) is 4.39 Å². The molecule has 3 heterocycles. The predicted molar refractivity (Wildman–Crippen MR) is 167 cm³/mol. The third-order valence-electron chi connectivity index (χ3n) is 5.94. The molecule has 200 valence electrons. The van der Waals surface area contributed by atoms with Gasteiger partial charge in [-0.15, -0.1) is 11.3 Å². The number of rotatable bonds is 7. The first-order chi connectivity index (χ1) is 18.8. The summed E-state index contributed by atoms with van der Waals surface area (Å²) in [5, 5.41) is 1.92. The molecule has 0 bridgehead atoms. The van der Waals surface area contributed by atoms with E-state index in [4.69, 9.17) is 9.47 Å². The second-order valence-electron chi connectivity index (χ2n) is 8.55. The largest absolute Gasteiger partial charge is 0.487 e. The Kier molecular flexibility index (Phi) is 8.69. The van der Waals surface area contributed by atoms with E-state index in [1.54, 1.807) is 30.5 Å². The number of halogens is 3. The lowest BCUT2D eigenvalue weighted by molar-refractivity contribution is -0.139. The molecule has 39 heavy (non-hydrogen) atoms. The first kappa shape index (κ1) is 28.2. The van der Waals surface area contributed by atoms with Crippen LogP contribution in [0.1, 0.15) is 35.9 Å². The molecule has 1 aliphatic rings. The van der Waals surface area contributed by atoms with E-state index in [9.17, 15) is 14.0 Å². The molecule has 1 aliphatic heterocycles. The van der Waals surface area contributed by atoms with Crippen LogP contribution in [-0.2, 0) is 16.1 Å². The minimum atomic E-state index is -0.593. The number of thiophene rings is 1. The Morgan fingerprint density at radius 1 is 1.18 bits per heavy atom. The Hall–Kier alpha value is -2.36. The van der Waals surface area contributed by atoms with Gasteiger partial charge >= 0.3 is 5.97 Å². The second kappa shape index (κ2) is 12.0. The minimum absolute atomic E-state index is 0.215. The number of aromatic nitrogens is 1. The van der Waals surface area contributed by atoms with Crippen LogP contribution in [0.15, 0.2) is 75.0 Å². The van der Waals surface area contributed by atoms with E-state index in [1.807, 2.05) is 35.7 Å². The molecule has 0 spiro atoms. The van der Waals surface area contributed by atoms with Gasteiger partial charge in [0, 0.05) is 4.88 Å². The van der Waals surface area contributed by atoms with Crippen LogP contribution in [0.5, 0.6) is 5.75 Å². The number of hydrogen-bond donors (Lipinski definition) is 0. The van der Waals surface area contributed by atoms with Gasteiger partial charge in [0.05, 0.1) is 29.5 Å². The first-order valence-corrected chi connectivity index (χ1v) is 15.7. The zero-order valence-electron chi connectivity index (χ0n) is 20.7. The molecule has 5 rings (SSSR count). The van der Waals surface area contributed by atoms with Crippen molar-refractivity contribution >= 4 is 79.9 Å². The number of fused-ring (bicyclic) bond motifs is 1. The minimum Gasteiger partial charge on any atom is -0.487 e. The molecular formula is C28H21FI2N2O4S2. The highest BCUT2D eigenvalue weighted by atomic mass is 127. The van der Waals surface area contributed by atoms with Crippen LogP contribution in [-0.4, -0.2) is 17.1 Å². The average Bonchev–Trinajstić information content (AvgIpc) is 3.52. The number of carbonyl (C=O) groups excluding carboxylic acids is 1. The molecule has 0 radical (unpaired) electrons.